The van der Waals surface area contributed by atoms with Gasteiger partial charge in [-0.25, -0.2) is 4.98 Å². The zero-order valence-electron chi connectivity index (χ0n) is 17.4. The highest BCUT2D eigenvalue weighted by Crippen LogP contribution is 2.18. The number of carbonyl (C=O) groups is 1. The van der Waals surface area contributed by atoms with Gasteiger partial charge in [-0.2, -0.15) is 0 Å². The lowest BCUT2D eigenvalue weighted by Gasteiger charge is -2.10. The summed E-state index contributed by atoms with van der Waals surface area (Å²) in [6.07, 6.45) is 3.80. The van der Waals surface area contributed by atoms with Crippen LogP contribution in [0.15, 0.2) is 83.3 Å². The number of hydrogen-bond acceptors (Lipinski definition) is 2. The molecular weight excluding hydrogens is 450 g/mol. The Labute approximate surface area is 191 Å². The number of benzene rings is 3. The van der Waals surface area contributed by atoms with Crippen molar-refractivity contribution in [2.45, 2.75) is 32.2 Å². The maximum Gasteiger partial charge on any atom is 0.251 e. The molecule has 3 aromatic carbocycles. The molecular formula is C26H26BrN3O. The summed E-state index contributed by atoms with van der Waals surface area (Å²) >= 11 is 3.40. The van der Waals surface area contributed by atoms with E-state index in [0.717, 1.165) is 48.0 Å². The molecule has 0 spiro atoms. The molecule has 0 saturated heterocycles. The van der Waals surface area contributed by atoms with Gasteiger partial charge in [-0.05, 0) is 61.2 Å². The highest BCUT2D eigenvalue weighted by atomic mass is 79.9. The minimum atomic E-state index is -0.0381. The van der Waals surface area contributed by atoms with Crippen molar-refractivity contribution >= 4 is 32.9 Å². The topological polar surface area (TPSA) is 46.9 Å². The molecule has 4 nitrogen and oxygen atoms in total. The van der Waals surface area contributed by atoms with Crippen LogP contribution in [0.25, 0.3) is 11.0 Å². The van der Waals surface area contributed by atoms with Crippen molar-refractivity contribution in [3.05, 3.63) is 100 Å². The lowest BCUT2D eigenvalue weighted by atomic mass is 10.1. The molecule has 0 bridgehead atoms. The van der Waals surface area contributed by atoms with E-state index in [4.69, 9.17) is 4.98 Å². The SMILES string of the molecule is O=C(NCCCc1nc2ccccc2n1CCCc1ccccc1)c1ccc(Br)cc1. The van der Waals surface area contributed by atoms with Crippen molar-refractivity contribution < 1.29 is 4.79 Å². The Morgan fingerprint density at radius 3 is 2.42 bits per heavy atom. The fourth-order valence-corrected chi connectivity index (χ4v) is 4.07. The standard InChI is InChI=1S/C26H26BrN3O/c27-22-16-14-21(15-17-22)26(31)28-18-6-13-25-29-23-11-4-5-12-24(23)30(25)19-7-10-20-8-2-1-3-9-20/h1-5,8-9,11-12,14-17H,6-7,10,13,18-19H2,(H,28,31). The van der Waals surface area contributed by atoms with E-state index in [2.05, 4.69) is 74.3 Å². The molecule has 31 heavy (non-hydrogen) atoms. The molecule has 0 atom stereocenters. The summed E-state index contributed by atoms with van der Waals surface area (Å²) in [4.78, 5) is 17.2. The maximum absolute atomic E-state index is 12.3. The predicted molar refractivity (Wildman–Crippen MR) is 129 cm³/mol. The highest BCUT2D eigenvalue weighted by Gasteiger charge is 2.11. The van der Waals surface area contributed by atoms with E-state index >= 15 is 0 Å². The van der Waals surface area contributed by atoms with E-state index in [1.807, 2.05) is 30.3 Å². The van der Waals surface area contributed by atoms with Crippen LogP contribution in [0, 0.1) is 0 Å². The zero-order chi connectivity index (χ0) is 21.5. The molecule has 0 radical (unpaired) electrons. The molecule has 1 heterocycles. The van der Waals surface area contributed by atoms with E-state index in [-0.39, 0.29) is 5.91 Å². The Kier molecular flexibility index (Phi) is 7.15. The van der Waals surface area contributed by atoms with Crippen molar-refractivity contribution in [3.8, 4) is 0 Å². The second-order valence-corrected chi connectivity index (χ2v) is 8.54. The average Bonchev–Trinajstić information content (AvgIpc) is 3.15. The first-order chi connectivity index (χ1) is 15.2. The van der Waals surface area contributed by atoms with E-state index in [1.165, 1.54) is 11.1 Å². The first kappa shape index (κ1) is 21.3. The number of hydrogen-bond donors (Lipinski definition) is 1. The van der Waals surface area contributed by atoms with Crippen molar-refractivity contribution in [2.24, 2.45) is 0 Å². The van der Waals surface area contributed by atoms with Crippen LogP contribution < -0.4 is 5.32 Å². The third kappa shape index (κ3) is 5.61. The molecule has 0 saturated carbocycles. The number of halogens is 1. The molecule has 0 aliphatic rings. The van der Waals surface area contributed by atoms with Crippen molar-refractivity contribution in [1.29, 1.82) is 0 Å². The molecule has 1 aromatic heterocycles. The molecule has 1 amide bonds. The van der Waals surface area contributed by atoms with Gasteiger partial charge < -0.3 is 9.88 Å². The number of rotatable bonds is 9. The summed E-state index contributed by atoms with van der Waals surface area (Å²) in [5.41, 5.74) is 4.26. The first-order valence-corrected chi connectivity index (χ1v) is 11.5. The van der Waals surface area contributed by atoms with Crippen LogP contribution in [0.3, 0.4) is 0 Å². The van der Waals surface area contributed by atoms with Gasteiger partial charge in [-0.1, -0.05) is 58.4 Å². The minimum absolute atomic E-state index is 0.0381. The number of imidazole rings is 1. The Morgan fingerprint density at radius 1 is 0.871 bits per heavy atom. The van der Waals surface area contributed by atoms with E-state index in [1.54, 1.807) is 0 Å². The summed E-state index contributed by atoms with van der Waals surface area (Å²) in [5, 5.41) is 3.02. The summed E-state index contributed by atoms with van der Waals surface area (Å²) in [6.45, 7) is 1.57. The second kappa shape index (κ2) is 10.4. The van der Waals surface area contributed by atoms with Gasteiger partial charge in [-0.15, -0.1) is 0 Å². The summed E-state index contributed by atoms with van der Waals surface area (Å²) < 4.78 is 3.31. The zero-order valence-corrected chi connectivity index (χ0v) is 19.0. The number of carbonyl (C=O) groups excluding carboxylic acids is 1. The van der Waals surface area contributed by atoms with Gasteiger partial charge in [0.05, 0.1) is 11.0 Å². The molecule has 0 aliphatic heterocycles. The van der Waals surface area contributed by atoms with Crippen molar-refractivity contribution in [2.75, 3.05) is 6.54 Å². The number of nitrogens with zero attached hydrogens (tertiary/aromatic N) is 2. The van der Waals surface area contributed by atoms with Crippen LogP contribution in [0.1, 0.15) is 34.6 Å². The number of para-hydroxylation sites is 2. The number of amides is 1. The first-order valence-electron chi connectivity index (χ1n) is 10.7. The van der Waals surface area contributed by atoms with Gasteiger partial charge in [-0.3, -0.25) is 4.79 Å². The molecule has 0 fully saturated rings. The molecule has 4 rings (SSSR count). The summed E-state index contributed by atoms with van der Waals surface area (Å²) in [7, 11) is 0. The van der Waals surface area contributed by atoms with E-state index in [9.17, 15) is 4.79 Å². The normalized spacial score (nSPS) is 11.0. The Balaban J connectivity index is 1.36. The monoisotopic (exact) mass is 475 g/mol. The number of fused-ring (bicyclic) bond motifs is 1. The summed E-state index contributed by atoms with van der Waals surface area (Å²) in [5.74, 6) is 1.05. The predicted octanol–water partition coefficient (Wildman–Crippen LogP) is 5.79. The smallest absolute Gasteiger partial charge is 0.251 e. The van der Waals surface area contributed by atoms with Crippen LogP contribution in [0.2, 0.25) is 0 Å². The number of nitrogens with one attached hydrogen (secondary N) is 1. The van der Waals surface area contributed by atoms with Crippen LogP contribution in [-0.2, 0) is 19.4 Å². The highest BCUT2D eigenvalue weighted by molar-refractivity contribution is 9.10. The van der Waals surface area contributed by atoms with Gasteiger partial charge in [0.1, 0.15) is 5.82 Å². The van der Waals surface area contributed by atoms with E-state index in [0.29, 0.717) is 12.1 Å². The van der Waals surface area contributed by atoms with E-state index < -0.39 is 0 Å². The average molecular weight is 476 g/mol. The lowest BCUT2D eigenvalue weighted by molar-refractivity contribution is 0.0953. The third-order valence-corrected chi connectivity index (χ3v) is 5.92. The molecule has 1 N–H and O–H groups in total. The molecule has 158 valence electrons. The fraction of sp³-hybridized carbons (Fsp3) is 0.231. The molecule has 0 unspecified atom stereocenters. The van der Waals surface area contributed by atoms with Crippen molar-refractivity contribution in [1.82, 2.24) is 14.9 Å². The second-order valence-electron chi connectivity index (χ2n) is 7.62. The maximum atomic E-state index is 12.3. The Bertz CT molecular complexity index is 1140. The largest absolute Gasteiger partial charge is 0.352 e. The summed E-state index contributed by atoms with van der Waals surface area (Å²) in [6, 6.07) is 26.3. The van der Waals surface area contributed by atoms with Crippen LogP contribution in [0.4, 0.5) is 0 Å². The van der Waals surface area contributed by atoms with Crippen LogP contribution in [-0.4, -0.2) is 22.0 Å². The minimum Gasteiger partial charge on any atom is -0.352 e. The van der Waals surface area contributed by atoms with Crippen LogP contribution >= 0.6 is 15.9 Å². The lowest BCUT2D eigenvalue weighted by Crippen LogP contribution is -2.25. The number of aromatic nitrogens is 2. The van der Waals surface area contributed by atoms with Gasteiger partial charge in [0.15, 0.2) is 0 Å². The van der Waals surface area contributed by atoms with Gasteiger partial charge in [0, 0.05) is 29.5 Å². The Morgan fingerprint density at radius 2 is 1.61 bits per heavy atom. The fourth-order valence-electron chi connectivity index (χ4n) is 3.80. The number of aryl methyl sites for hydroxylation is 3. The van der Waals surface area contributed by atoms with Gasteiger partial charge in [0.2, 0.25) is 0 Å². The van der Waals surface area contributed by atoms with Gasteiger partial charge in [0.25, 0.3) is 5.91 Å². The van der Waals surface area contributed by atoms with Gasteiger partial charge >= 0.3 is 0 Å². The van der Waals surface area contributed by atoms with Crippen molar-refractivity contribution in [3.63, 3.8) is 0 Å². The molecule has 5 heteroatoms. The van der Waals surface area contributed by atoms with Crippen LogP contribution in [0.5, 0.6) is 0 Å². The Hall–Kier alpha value is -2.92. The quantitative estimate of drug-likeness (QED) is 0.311. The molecule has 4 aromatic rings. The molecule has 0 aliphatic carbocycles. The third-order valence-electron chi connectivity index (χ3n) is 5.39.